The number of benzene rings is 1. The van der Waals surface area contributed by atoms with Crippen LogP contribution in [0.15, 0.2) is 18.2 Å². The molecule has 0 saturated heterocycles. The average molecular weight is 234 g/mol. The Bertz CT molecular complexity index is 343. The smallest absolute Gasteiger partial charge is 0.0792 e. The van der Waals surface area contributed by atoms with Crippen molar-refractivity contribution in [1.82, 2.24) is 0 Å². The van der Waals surface area contributed by atoms with E-state index in [1.807, 2.05) is 0 Å². The fourth-order valence-electron chi connectivity index (χ4n) is 2.21. The summed E-state index contributed by atoms with van der Waals surface area (Å²) in [5, 5.41) is 10.2. The van der Waals surface area contributed by atoms with Gasteiger partial charge in [0.25, 0.3) is 0 Å². The van der Waals surface area contributed by atoms with Crippen LogP contribution >= 0.6 is 0 Å². The van der Waals surface area contributed by atoms with Crippen molar-refractivity contribution in [3.63, 3.8) is 0 Å². The van der Waals surface area contributed by atoms with Crippen LogP contribution in [0.1, 0.15) is 63.3 Å². The van der Waals surface area contributed by atoms with Gasteiger partial charge in [-0.1, -0.05) is 52.3 Å². The summed E-state index contributed by atoms with van der Waals surface area (Å²) in [6.07, 6.45) is 3.81. The molecule has 2 unspecified atom stereocenters. The first kappa shape index (κ1) is 14.2. The lowest BCUT2D eigenvalue weighted by molar-refractivity contribution is 0.146. The van der Waals surface area contributed by atoms with Crippen molar-refractivity contribution in [2.75, 3.05) is 0 Å². The molecule has 1 nitrogen and oxygen atoms in total. The van der Waals surface area contributed by atoms with Crippen molar-refractivity contribution in [1.29, 1.82) is 0 Å². The molecule has 17 heavy (non-hydrogen) atoms. The highest BCUT2D eigenvalue weighted by Gasteiger charge is 2.12. The van der Waals surface area contributed by atoms with Crippen LogP contribution in [0, 0.1) is 5.92 Å². The Morgan fingerprint density at radius 1 is 1.06 bits per heavy atom. The molecular weight excluding hydrogens is 208 g/mol. The van der Waals surface area contributed by atoms with Gasteiger partial charge in [0.2, 0.25) is 0 Å². The summed E-state index contributed by atoms with van der Waals surface area (Å²) in [6.45, 7) is 8.74. The van der Waals surface area contributed by atoms with E-state index in [0.717, 1.165) is 31.2 Å². The highest BCUT2D eigenvalue weighted by molar-refractivity contribution is 5.33. The van der Waals surface area contributed by atoms with Gasteiger partial charge in [0.15, 0.2) is 0 Å². The Morgan fingerprint density at radius 2 is 1.71 bits per heavy atom. The number of aryl methyl sites for hydroxylation is 2. The summed E-state index contributed by atoms with van der Waals surface area (Å²) in [5.74, 6) is 0.584. The average Bonchev–Trinajstić information content (AvgIpc) is 2.37. The molecule has 0 amide bonds. The van der Waals surface area contributed by atoms with Gasteiger partial charge in [-0.05, 0) is 41.9 Å². The van der Waals surface area contributed by atoms with E-state index in [1.54, 1.807) is 0 Å². The predicted molar refractivity (Wildman–Crippen MR) is 74.2 cm³/mol. The van der Waals surface area contributed by atoms with Crippen molar-refractivity contribution in [2.45, 2.75) is 59.5 Å². The molecule has 0 aromatic heterocycles. The molecule has 0 aliphatic carbocycles. The van der Waals surface area contributed by atoms with E-state index < -0.39 is 0 Å². The summed E-state index contributed by atoms with van der Waals surface area (Å²) >= 11 is 0. The van der Waals surface area contributed by atoms with Crippen LogP contribution in [-0.4, -0.2) is 5.11 Å². The lowest BCUT2D eigenvalue weighted by Crippen LogP contribution is -2.05. The van der Waals surface area contributed by atoms with E-state index >= 15 is 0 Å². The Kier molecular flexibility index (Phi) is 5.70. The summed E-state index contributed by atoms with van der Waals surface area (Å²) < 4.78 is 0. The molecule has 1 heteroatoms. The number of hydrogen-bond donors (Lipinski definition) is 1. The fraction of sp³-hybridized carbons (Fsp3) is 0.625. The highest BCUT2D eigenvalue weighted by atomic mass is 16.3. The third-order valence-corrected chi connectivity index (χ3v) is 3.70. The van der Waals surface area contributed by atoms with Crippen LogP contribution < -0.4 is 0 Å². The van der Waals surface area contributed by atoms with E-state index in [-0.39, 0.29) is 6.10 Å². The SMILES string of the molecule is CCc1ccc(C(O)CC(C)CC)cc1CC. The predicted octanol–water partition coefficient (Wildman–Crippen LogP) is 4.28. The van der Waals surface area contributed by atoms with Gasteiger partial charge in [0.05, 0.1) is 6.10 Å². The maximum absolute atomic E-state index is 10.2. The number of rotatable bonds is 6. The third kappa shape index (κ3) is 3.85. The zero-order valence-electron chi connectivity index (χ0n) is 11.7. The zero-order valence-corrected chi connectivity index (χ0v) is 11.7. The molecule has 0 aliphatic heterocycles. The quantitative estimate of drug-likeness (QED) is 0.779. The summed E-state index contributed by atoms with van der Waals surface area (Å²) in [4.78, 5) is 0. The molecule has 1 aromatic rings. The van der Waals surface area contributed by atoms with E-state index in [0.29, 0.717) is 5.92 Å². The summed E-state index contributed by atoms with van der Waals surface area (Å²) in [6, 6.07) is 6.45. The number of hydrogen-bond acceptors (Lipinski definition) is 1. The van der Waals surface area contributed by atoms with Gasteiger partial charge in [0, 0.05) is 0 Å². The minimum Gasteiger partial charge on any atom is -0.388 e. The molecule has 0 spiro atoms. The van der Waals surface area contributed by atoms with Crippen molar-refractivity contribution in [3.8, 4) is 0 Å². The molecule has 2 atom stereocenters. The second-order valence-corrected chi connectivity index (χ2v) is 5.00. The topological polar surface area (TPSA) is 20.2 Å². The molecule has 0 bridgehead atoms. The zero-order chi connectivity index (χ0) is 12.8. The van der Waals surface area contributed by atoms with Crippen molar-refractivity contribution in [3.05, 3.63) is 34.9 Å². The molecule has 1 rings (SSSR count). The fourth-order valence-corrected chi connectivity index (χ4v) is 2.21. The monoisotopic (exact) mass is 234 g/mol. The maximum Gasteiger partial charge on any atom is 0.0792 e. The molecule has 0 heterocycles. The van der Waals surface area contributed by atoms with Crippen LogP contribution in [0.2, 0.25) is 0 Å². The largest absolute Gasteiger partial charge is 0.388 e. The second-order valence-electron chi connectivity index (χ2n) is 5.00. The van der Waals surface area contributed by atoms with Gasteiger partial charge >= 0.3 is 0 Å². The molecule has 0 radical (unpaired) electrons. The molecular formula is C16H26O. The van der Waals surface area contributed by atoms with E-state index in [4.69, 9.17) is 0 Å². The summed E-state index contributed by atoms with van der Waals surface area (Å²) in [5.41, 5.74) is 3.87. The first-order valence-corrected chi connectivity index (χ1v) is 6.92. The first-order chi connectivity index (χ1) is 8.12. The van der Waals surface area contributed by atoms with Gasteiger partial charge in [-0.2, -0.15) is 0 Å². The van der Waals surface area contributed by atoms with Crippen LogP contribution in [0.4, 0.5) is 0 Å². The maximum atomic E-state index is 10.2. The van der Waals surface area contributed by atoms with Gasteiger partial charge in [0.1, 0.15) is 0 Å². The lowest BCUT2D eigenvalue weighted by Gasteiger charge is -2.17. The number of aliphatic hydroxyl groups is 1. The van der Waals surface area contributed by atoms with E-state index in [2.05, 4.69) is 45.9 Å². The van der Waals surface area contributed by atoms with Crippen LogP contribution in [0.5, 0.6) is 0 Å². The van der Waals surface area contributed by atoms with E-state index in [9.17, 15) is 5.11 Å². The van der Waals surface area contributed by atoms with Gasteiger partial charge in [-0.3, -0.25) is 0 Å². The van der Waals surface area contributed by atoms with Crippen molar-refractivity contribution < 1.29 is 5.11 Å². The number of aliphatic hydroxyl groups excluding tert-OH is 1. The van der Waals surface area contributed by atoms with Crippen LogP contribution in [0.3, 0.4) is 0 Å². The normalized spacial score (nSPS) is 14.6. The van der Waals surface area contributed by atoms with E-state index in [1.165, 1.54) is 11.1 Å². The molecule has 96 valence electrons. The minimum absolute atomic E-state index is 0.304. The van der Waals surface area contributed by atoms with Crippen molar-refractivity contribution >= 4 is 0 Å². The molecule has 1 N–H and O–H groups in total. The lowest BCUT2D eigenvalue weighted by atomic mass is 9.93. The standard InChI is InChI=1S/C16H26O/c1-5-12(4)10-16(17)15-9-8-13(6-2)14(7-3)11-15/h8-9,11-12,16-17H,5-7,10H2,1-4H3. The highest BCUT2D eigenvalue weighted by Crippen LogP contribution is 2.25. The van der Waals surface area contributed by atoms with Gasteiger partial charge in [-0.15, -0.1) is 0 Å². The van der Waals surface area contributed by atoms with Crippen molar-refractivity contribution in [2.24, 2.45) is 5.92 Å². The minimum atomic E-state index is -0.304. The first-order valence-electron chi connectivity index (χ1n) is 6.92. The Morgan fingerprint density at radius 3 is 2.24 bits per heavy atom. The Labute approximate surface area is 106 Å². The Balaban J connectivity index is 2.84. The van der Waals surface area contributed by atoms with Gasteiger partial charge in [-0.25, -0.2) is 0 Å². The second kappa shape index (κ2) is 6.80. The third-order valence-electron chi connectivity index (χ3n) is 3.70. The van der Waals surface area contributed by atoms with Crippen LogP contribution in [-0.2, 0) is 12.8 Å². The summed E-state index contributed by atoms with van der Waals surface area (Å²) in [7, 11) is 0. The molecule has 0 fully saturated rings. The molecule has 0 aliphatic rings. The Hall–Kier alpha value is -0.820. The van der Waals surface area contributed by atoms with Crippen LogP contribution in [0.25, 0.3) is 0 Å². The molecule has 1 aromatic carbocycles. The van der Waals surface area contributed by atoms with Gasteiger partial charge < -0.3 is 5.11 Å². The molecule has 0 saturated carbocycles.